The van der Waals surface area contributed by atoms with E-state index in [1.807, 2.05) is 0 Å². The van der Waals surface area contributed by atoms with Gasteiger partial charge in [0.15, 0.2) is 0 Å². The van der Waals surface area contributed by atoms with E-state index >= 15 is 0 Å². The molecule has 0 radical (unpaired) electrons. The zero-order valence-corrected chi connectivity index (χ0v) is 9.99. The molecule has 1 N–H and O–H groups in total. The second kappa shape index (κ2) is 4.59. The molecule has 0 bridgehead atoms. The van der Waals surface area contributed by atoms with Gasteiger partial charge in [-0.25, -0.2) is 4.79 Å². The maximum Gasteiger partial charge on any atom is 0.407 e. The molecule has 0 aromatic rings. The van der Waals surface area contributed by atoms with E-state index in [4.69, 9.17) is 4.74 Å². The SMILES string of the molecule is COC(=O)NC1CCN(CC2(C)CO2)CC1. The lowest BCUT2D eigenvalue weighted by Crippen LogP contribution is -2.46. The Morgan fingerprint density at radius 1 is 1.56 bits per heavy atom. The summed E-state index contributed by atoms with van der Waals surface area (Å²) in [6.07, 6.45) is 1.66. The third kappa shape index (κ3) is 3.09. The first-order valence-electron chi connectivity index (χ1n) is 5.82. The standard InChI is InChI=1S/C11H20N2O3/c1-11(8-16-11)7-13-5-3-9(4-6-13)12-10(14)15-2/h9H,3-8H2,1-2H3,(H,12,14). The molecule has 1 unspecified atom stereocenters. The number of carbonyl (C=O) groups is 1. The molecule has 2 fully saturated rings. The average molecular weight is 228 g/mol. The highest BCUT2D eigenvalue weighted by atomic mass is 16.6. The predicted octanol–water partition coefficient (Wildman–Crippen LogP) is 0.596. The predicted molar refractivity (Wildman–Crippen MR) is 59.4 cm³/mol. The normalized spacial score (nSPS) is 31.1. The maximum atomic E-state index is 11.0. The number of alkyl carbamates (subject to hydrolysis) is 1. The molecule has 5 heteroatoms. The summed E-state index contributed by atoms with van der Waals surface area (Å²) >= 11 is 0. The van der Waals surface area contributed by atoms with Crippen LogP contribution in [0, 0.1) is 0 Å². The van der Waals surface area contributed by atoms with Crippen LogP contribution in [0.2, 0.25) is 0 Å². The van der Waals surface area contributed by atoms with Crippen LogP contribution in [0.5, 0.6) is 0 Å². The largest absolute Gasteiger partial charge is 0.453 e. The van der Waals surface area contributed by atoms with E-state index in [0.717, 1.165) is 39.1 Å². The van der Waals surface area contributed by atoms with E-state index in [0.29, 0.717) is 0 Å². The lowest BCUT2D eigenvalue weighted by molar-refractivity contribution is 0.138. The van der Waals surface area contributed by atoms with E-state index in [-0.39, 0.29) is 17.7 Å². The maximum absolute atomic E-state index is 11.0. The molecule has 92 valence electrons. The fourth-order valence-corrected chi connectivity index (χ4v) is 2.15. The van der Waals surface area contributed by atoms with Gasteiger partial charge in [-0.3, -0.25) is 0 Å². The highest BCUT2D eigenvalue weighted by molar-refractivity contribution is 5.67. The fourth-order valence-electron chi connectivity index (χ4n) is 2.15. The highest BCUT2D eigenvalue weighted by Crippen LogP contribution is 2.28. The fraction of sp³-hybridized carbons (Fsp3) is 0.909. The number of ether oxygens (including phenoxy) is 2. The van der Waals surface area contributed by atoms with Crippen LogP contribution in [0.1, 0.15) is 19.8 Å². The Morgan fingerprint density at radius 2 is 2.19 bits per heavy atom. The number of hydrogen-bond acceptors (Lipinski definition) is 4. The summed E-state index contributed by atoms with van der Waals surface area (Å²) in [5.41, 5.74) is 0.0998. The lowest BCUT2D eigenvalue weighted by atomic mass is 10.0. The molecular weight excluding hydrogens is 208 g/mol. The van der Waals surface area contributed by atoms with Gasteiger partial charge in [-0.05, 0) is 19.8 Å². The van der Waals surface area contributed by atoms with Gasteiger partial charge in [-0.1, -0.05) is 0 Å². The van der Waals surface area contributed by atoms with Crippen molar-refractivity contribution >= 4 is 6.09 Å². The minimum atomic E-state index is -0.323. The summed E-state index contributed by atoms with van der Waals surface area (Å²) in [5, 5.41) is 2.85. The molecule has 1 atom stereocenters. The molecule has 0 aromatic heterocycles. The molecule has 2 aliphatic rings. The summed E-state index contributed by atoms with van der Waals surface area (Å²) in [5.74, 6) is 0. The zero-order valence-electron chi connectivity index (χ0n) is 9.99. The summed E-state index contributed by atoms with van der Waals surface area (Å²) < 4.78 is 9.96. The van der Waals surface area contributed by atoms with Crippen molar-refractivity contribution in [3.05, 3.63) is 0 Å². The Kier molecular flexibility index (Phi) is 3.35. The first-order chi connectivity index (χ1) is 7.61. The second-order valence-electron chi connectivity index (χ2n) is 4.92. The van der Waals surface area contributed by atoms with E-state index in [9.17, 15) is 4.79 Å². The van der Waals surface area contributed by atoms with Crippen LogP contribution in [0.15, 0.2) is 0 Å². The summed E-state index contributed by atoms with van der Waals surface area (Å²) in [6.45, 7) is 6.08. The molecule has 2 rings (SSSR count). The van der Waals surface area contributed by atoms with Crippen molar-refractivity contribution in [2.24, 2.45) is 0 Å². The molecule has 0 aliphatic carbocycles. The zero-order chi connectivity index (χ0) is 11.6. The number of epoxide rings is 1. The van der Waals surface area contributed by atoms with E-state index in [1.165, 1.54) is 7.11 Å². The number of rotatable bonds is 3. The molecule has 0 spiro atoms. The van der Waals surface area contributed by atoms with Crippen molar-refractivity contribution in [2.75, 3.05) is 33.4 Å². The Hall–Kier alpha value is -0.810. The lowest BCUT2D eigenvalue weighted by Gasteiger charge is -2.32. The van der Waals surface area contributed by atoms with Gasteiger partial charge in [-0.15, -0.1) is 0 Å². The topological polar surface area (TPSA) is 54.1 Å². The van der Waals surface area contributed by atoms with Crippen LogP contribution in [-0.4, -0.2) is 56.0 Å². The molecule has 1 amide bonds. The van der Waals surface area contributed by atoms with Gasteiger partial charge in [0.1, 0.15) is 5.60 Å². The van der Waals surface area contributed by atoms with E-state index < -0.39 is 0 Å². The van der Waals surface area contributed by atoms with Crippen molar-refractivity contribution in [3.8, 4) is 0 Å². The Morgan fingerprint density at radius 3 is 2.69 bits per heavy atom. The van der Waals surface area contributed by atoms with Gasteiger partial charge in [0.05, 0.1) is 13.7 Å². The Bertz CT molecular complexity index is 258. The molecule has 0 aromatic carbocycles. The molecule has 2 heterocycles. The number of piperidine rings is 1. The van der Waals surface area contributed by atoms with Gasteiger partial charge < -0.3 is 19.7 Å². The summed E-state index contributed by atoms with van der Waals surface area (Å²) in [4.78, 5) is 13.4. The molecule has 2 aliphatic heterocycles. The highest BCUT2D eigenvalue weighted by Gasteiger charge is 2.41. The van der Waals surface area contributed by atoms with Crippen LogP contribution in [0.25, 0.3) is 0 Å². The van der Waals surface area contributed by atoms with Crippen LogP contribution >= 0.6 is 0 Å². The average Bonchev–Trinajstić information content (AvgIpc) is 2.99. The first kappa shape index (κ1) is 11.7. The van der Waals surface area contributed by atoms with Gasteiger partial charge in [0.25, 0.3) is 0 Å². The summed E-state index contributed by atoms with van der Waals surface area (Å²) in [6, 6.07) is 0.261. The number of carbonyl (C=O) groups excluding carboxylic acids is 1. The van der Waals surface area contributed by atoms with E-state index in [2.05, 4.69) is 21.9 Å². The van der Waals surface area contributed by atoms with Crippen molar-refractivity contribution in [2.45, 2.75) is 31.4 Å². The van der Waals surface area contributed by atoms with Crippen LogP contribution in [-0.2, 0) is 9.47 Å². The van der Waals surface area contributed by atoms with Crippen LogP contribution in [0.3, 0.4) is 0 Å². The Balaban J connectivity index is 1.68. The van der Waals surface area contributed by atoms with Crippen LogP contribution < -0.4 is 5.32 Å². The number of methoxy groups -OCH3 is 1. The third-order valence-corrected chi connectivity index (χ3v) is 3.29. The van der Waals surface area contributed by atoms with Gasteiger partial charge in [0, 0.05) is 25.7 Å². The van der Waals surface area contributed by atoms with Gasteiger partial charge >= 0.3 is 6.09 Å². The van der Waals surface area contributed by atoms with E-state index in [1.54, 1.807) is 0 Å². The van der Waals surface area contributed by atoms with Crippen molar-refractivity contribution in [3.63, 3.8) is 0 Å². The second-order valence-corrected chi connectivity index (χ2v) is 4.92. The van der Waals surface area contributed by atoms with Gasteiger partial charge in [0.2, 0.25) is 0 Å². The third-order valence-electron chi connectivity index (χ3n) is 3.29. The van der Waals surface area contributed by atoms with Crippen molar-refractivity contribution < 1.29 is 14.3 Å². The van der Waals surface area contributed by atoms with Crippen molar-refractivity contribution in [1.29, 1.82) is 0 Å². The number of amides is 1. The monoisotopic (exact) mass is 228 g/mol. The minimum absolute atomic E-state index is 0.0998. The number of likely N-dealkylation sites (tertiary alicyclic amines) is 1. The number of nitrogens with one attached hydrogen (secondary N) is 1. The number of nitrogens with zero attached hydrogens (tertiary/aromatic N) is 1. The first-order valence-corrected chi connectivity index (χ1v) is 5.82. The minimum Gasteiger partial charge on any atom is -0.453 e. The van der Waals surface area contributed by atoms with Gasteiger partial charge in [-0.2, -0.15) is 0 Å². The molecule has 5 nitrogen and oxygen atoms in total. The van der Waals surface area contributed by atoms with Crippen LogP contribution in [0.4, 0.5) is 4.79 Å². The Labute approximate surface area is 96.1 Å². The van der Waals surface area contributed by atoms with Crippen molar-refractivity contribution in [1.82, 2.24) is 10.2 Å². The summed E-state index contributed by atoms with van der Waals surface area (Å²) in [7, 11) is 1.40. The molecular formula is C11H20N2O3. The molecule has 2 saturated heterocycles. The quantitative estimate of drug-likeness (QED) is 0.719. The molecule has 0 saturated carbocycles. The smallest absolute Gasteiger partial charge is 0.407 e. The number of hydrogen-bond donors (Lipinski definition) is 1. The molecule has 16 heavy (non-hydrogen) atoms.